The number of ether oxygens (including phenoxy) is 1. The zero-order valence-corrected chi connectivity index (χ0v) is 17.9. The summed E-state index contributed by atoms with van der Waals surface area (Å²) >= 11 is 0. The van der Waals surface area contributed by atoms with Gasteiger partial charge in [-0.3, -0.25) is 0 Å². The fraction of sp³-hybridized carbons (Fsp3) is 1.00. The highest BCUT2D eigenvalue weighted by Crippen LogP contribution is 3.13. The van der Waals surface area contributed by atoms with Crippen LogP contribution in [0.5, 0.6) is 0 Å². The Kier molecular flexibility index (Phi) is 2.24. The number of fused-ring (bicyclic) bond motifs is 2. The second-order valence-electron chi connectivity index (χ2n) is 11.5. The molecule has 5 saturated carbocycles. The first-order valence-electron chi connectivity index (χ1n) is 9.82. The van der Waals surface area contributed by atoms with Gasteiger partial charge in [0.1, 0.15) is 9.49 Å². The Morgan fingerprint density at radius 2 is 1.08 bits per heavy atom. The van der Waals surface area contributed by atoms with Crippen LogP contribution in [-0.2, 0) is 24.4 Å². The van der Waals surface area contributed by atoms with Gasteiger partial charge in [-0.1, -0.05) is 0 Å². The van der Waals surface area contributed by atoms with E-state index < -0.39 is 61.7 Å². The molecule has 7 heteroatoms. The topological polar surface area (TPSA) is 77.5 Å². The zero-order valence-electron chi connectivity index (χ0n) is 16.3. The normalized spacial score (nSPS) is 58.2. The largest absolute Gasteiger partial charge is 0.370 e. The Balaban J connectivity index is 1.70. The van der Waals surface area contributed by atoms with E-state index in [9.17, 15) is 16.8 Å². The quantitative estimate of drug-likeness (QED) is 0.709. The first-order chi connectivity index (χ1) is 11.7. The number of rotatable bonds is 2. The lowest BCUT2D eigenvalue weighted by molar-refractivity contribution is 0.0868. The average Bonchev–Trinajstić information content (AvgIpc) is 2.93. The summed E-state index contributed by atoms with van der Waals surface area (Å²) in [6.45, 7) is 10.3. The Morgan fingerprint density at radius 1 is 0.731 bits per heavy atom. The Morgan fingerprint density at radius 3 is 1.38 bits per heavy atom. The van der Waals surface area contributed by atoms with Gasteiger partial charge in [-0.25, -0.2) is 16.8 Å². The fourth-order valence-corrected chi connectivity index (χ4v) is 15.7. The molecule has 7 fully saturated rings. The third-order valence-corrected chi connectivity index (χ3v) is 16.1. The van der Waals surface area contributed by atoms with Crippen molar-refractivity contribution in [2.24, 2.45) is 22.7 Å². The molecule has 0 aromatic rings. The lowest BCUT2D eigenvalue weighted by Crippen LogP contribution is -2.69. The van der Waals surface area contributed by atoms with Crippen LogP contribution in [0, 0.1) is 22.7 Å². The molecule has 26 heavy (non-hydrogen) atoms. The smallest absolute Gasteiger partial charge is 0.165 e. The van der Waals surface area contributed by atoms with Crippen molar-refractivity contribution in [2.45, 2.75) is 92.0 Å². The maximum Gasteiger partial charge on any atom is 0.165 e. The van der Waals surface area contributed by atoms with Crippen LogP contribution in [0.3, 0.4) is 0 Å². The van der Waals surface area contributed by atoms with Crippen molar-refractivity contribution in [2.75, 3.05) is 0 Å². The minimum absolute atomic E-state index is 0.324. The molecule has 8 atom stereocenters. The number of hydrogen-bond acceptors (Lipinski definition) is 5. The Bertz CT molecular complexity index is 920. The molecule has 0 N–H and O–H groups in total. The standard InChI is InChI=1S/C19H28O5S2/c1-14(2,3)25(20,21)18-12-16(18)10-7-8-11(9-10)17(16)13(24-12)19(17,18)26(22,23)15(4,5)6/h10-13H,7-9H2,1-6H3/t10-,11-,12-,13-,16-,17-,18-,19+/m0/s1. The first kappa shape index (κ1) is 16.8. The fourth-order valence-electron chi connectivity index (χ4n) is 9.01. The van der Waals surface area contributed by atoms with Crippen LogP contribution < -0.4 is 0 Å². The summed E-state index contributed by atoms with van der Waals surface area (Å²) in [5.41, 5.74) is -0.809. The molecule has 2 aliphatic heterocycles. The van der Waals surface area contributed by atoms with Crippen molar-refractivity contribution < 1.29 is 21.6 Å². The van der Waals surface area contributed by atoms with Gasteiger partial charge in [0.15, 0.2) is 19.7 Å². The lowest BCUT2D eigenvalue weighted by Gasteiger charge is -2.52. The van der Waals surface area contributed by atoms with Crippen LogP contribution in [0.15, 0.2) is 0 Å². The maximum absolute atomic E-state index is 13.9. The van der Waals surface area contributed by atoms with E-state index in [0.717, 1.165) is 19.3 Å². The van der Waals surface area contributed by atoms with Crippen LogP contribution in [0.25, 0.3) is 0 Å². The molecule has 7 rings (SSSR count). The molecular formula is C19H28O5S2. The molecule has 0 unspecified atom stereocenters. The van der Waals surface area contributed by atoms with E-state index in [1.165, 1.54) is 0 Å². The predicted octanol–water partition coefficient (Wildman–Crippen LogP) is 2.10. The van der Waals surface area contributed by atoms with E-state index in [1.54, 1.807) is 41.5 Å². The molecular weight excluding hydrogens is 372 g/mol. The van der Waals surface area contributed by atoms with Gasteiger partial charge in [0.2, 0.25) is 0 Å². The second kappa shape index (κ2) is 3.47. The van der Waals surface area contributed by atoms with Crippen LogP contribution in [0.1, 0.15) is 60.8 Å². The molecule has 2 spiro atoms. The van der Waals surface area contributed by atoms with E-state index in [0.29, 0.717) is 11.8 Å². The molecule has 5 aliphatic carbocycles. The van der Waals surface area contributed by atoms with Gasteiger partial charge in [0.25, 0.3) is 0 Å². The highest BCUT2D eigenvalue weighted by atomic mass is 32.2. The van der Waals surface area contributed by atoms with Gasteiger partial charge in [0, 0.05) is 10.8 Å². The Hall–Kier alpha value is -0.140. The SMILES string of the molecule is CC(C)(C)S(=O)(=O)[C@@]12[C@H]3O[C@H]4[C@]5([C@H]6CC[C@@H](C6)[C@]351)[C@]42S(=O)(=O)C(C)(C)C. The molecule has 4 bridgehead atoms. The first-order valence-corrected chi connectivity index (χ1v) is 12.8. The third kappa shape index (κ3) is 0.913. The minimum atomic E-state index is -3.68. The zero-order chi connectivity index (χ0) is 19.1. The number of sulfone groups is 2. The molecule has 146 valence electrons. The van der Waals surface area contributed by atoms with E-state index in [2.05, 4.69) is 0 Å². The summed E-state index contributed by atoms with van der Waals surface area (Å²) in [7, 11) is -7.35. The second-order valence-corrected chi connectivity index (χ2v) is 17.3. The van der Waals surface area contributed by atoms with E-state index in [4.69, 9.17) is 4.74 Å². The van der Waals surface area contributed by atoms with E-state index >= 15 is 0 Å². The van der Waals surface area contributed by atoms with Crippen molar-refractivity contribution in [3.63, 3.8) is 0 Å². The van der Waals surface area contributed by atoms with Crippen LogP contribution in [0.2, 0.25) is 0 Å². The molecule has 2 heterocycles. The van der Waals surface area contributed by atoms with Gasteiger partial charge in [-0.2, -0.15) is 0 Å². The van der Waals surface area contributed by atoms with Gasteiger partial charge in [-0.15, -0.1) is 0 Å². The summed E-state index contributed by atoms with van der Waals surface area (Å²) in [6, 6.07) is 0. The lowest BCUT2D eigenvalue weighted by atomic mass is 9.63. The summed E-state index contributed by atoms with van der Waals surface area (Å²) < 4.78 is 57.6. The van der Waals surface area contributed by atoms with Crippen LogP contribution in [-0.4, -0.2) is 48.0 Å². The molecule has 0 amide bonds. The van der Waals surface area contributed by atoms with Crippen molar-refractivity contribution in [3.05, 3.63) is 0 Å². The summed E-state index contributed by atoms with van der Waals surface area (Å²) in [5.74, 6) is 0.649. The van der Waals surface area contributed by atoms with Crippen molar-refractivity contribution in [1.82, 2.24) is 0 Å². The van der Waals surface area contributed by atoms with Crippen molar-refractivity contribution in [1.29, 1.82) is 0 Å². The minimum Gasteiger partial charge on any atom is -0.370 e. The highest BCUT2D eigenvalue weighted by molar-refractivity contribution is 7.99. The van der Waals surface area contributed by atoms with E-state index in [1.807, 2.05) is 0 Å². The summed E-state index contributed by atoms with van der Waals surface area (Å²) in [6.07, 6.45) is 2.28. The molecule has 2 saturated heterocycles. The molecule has 7 aliphatic rings. The third-order valence-electron chi connectivity index (χ3n) is 9.32. The predicted molar refractivity (Wildman–Crippen MR) is 97.2 cm³/mol. The number of hydrogen-bond donors (Lipinski definition) is 0. The van der Waals surface area contributed by atoms with Crippen LogP contribution in [0.4, 0.5) is 0 Å². The van der Waals surface area contributed by atoms with Gasteiger partial charge >= 0.3 is 0 Å². The van der Waals surface area contributed by atoms with Gasteiger partial charge in [-0.05, 0) is 72.6 Å². The van der Waals surface area contributed by atoms with Gasteiger partial charge in [0.05, 0.1) is 21.7 Å². The summed E-state index contributed by atoms with van der Waals surface area (Å²) in [5, 5.41) is 0. The van der Waals surface area contributed by atoms with E-state index in [-0.39, 0.29) is 0 Å². The Labute approximate surface area is 156 Å². The maximum atomic E-state index is 13.9. The molecule has 5 nitrogen and oxygen atoms in total. The molecule has 0 radical (unpaired) electrons. The van der Waals surface area contributed by atoms with Crippen molar-refractivity contribution in [3.8, 4) is 0 Å². The monoisotopic (exact) mass is 400 g/mol. The van der Waals surface area contributed by atoms with Crippen molar-refractivity contribution >= 4 is 19.7 Å². The highest BCUT2D eigenvalue weighted by Gasteiger charge is 3.28. The summed E-state index contributed by atoms with van der Waals surface area (Å²) in [4.78, 5) is 0. The van der Waals surface area contributed by atoms with Crippen LogP contribution >= 0.6 is 0 Å². The molecule has 0 aromatic carbocycles. The average molecular weight is 401 g/mol. The molecule has 0 aromatic heterocycles. The van der Waals surface area contributed by atoms with Gasteiger partial charge < -0.3 is 4.74 Å².